The molecular weight excluding hydrogens is 343 g/mol. The van der Waals surface area contributed by atoms with Crippen LogP contribution in [-0.2, 0) is 4.79 Å². The molecule has 7 heteroatoms. The minimum atomic E-state index is -4.48. The highest BCUT2D eigenvalue weighted by Gasteiger charge is 2.35. The van der Waals surface area contributed by atoms with E-state index in [0.29, 0.717) is 10.6 Å². The molecule has 0 bridgehead atoms. The molecule has 4 nitrogen and oxygen atoms in total. The molecule has 2 aromatic rings. The summed E-state index contributed by atoms with van der Waals surface area (Å²) in [6.07, 6.45) is -0.638. The van der Waals surface area contributed by atoms with Crippen LogP contribution in [0, 0.1) is 0 Å². The van der Waals surface area contributed by atoms with Crippen molar-refractivity contribution in [3.8, 4) is 0 Å². The summed E-state index contributed by atoms with van der Waals surface area (Å²) >= 11 is 0. The van der Waals surface area contributed by atoms with E-state index in [-0.39, 0.29) is 12.4 Å². The van der Waals surface area contributed by atoms with E-state index in [4.69, 9.17) is 0 Å². The van der Waals surface area contributed by atoms with Gasteiger partial charge in [0.15, 0.2) is 0 Å². The van der Waals surface area contributed by atoms with Crippen LogP contribution in [0.3, 0.4) is 0 Å². The van der Waals surface area contributed by atoms with Crippen LogP contribution in [0.2, 0.25) is 0 Å². The molecule has 3 rings (SSSR count). The number of amidine groups is 1. The number of hydrogen-bond acceptors (Lipinski definition) is 3. The Morgan fingerprint density at radius 3 is 2.46 bits per heavy atom. The number of nitrogens with zero attached hydrogens (tertiary/aromatic N) is 2. The Morgan fingerprint density at radius 2 is 1.73 bits per heavy atom. The van der Waals surface area contributed by atoms with E-state index in [0.717, 1.165) is 11.1 Å². The highest BCUT2D eigenvalue weighted by molar-refractivity contribution is 6.03. The Labute approximate surface area is 148 Å². The molecule has 2 aromatic carbocycles. The summed E-state index contributed by atoms with van der Waals surface area (Å²) in [6.45, 7) is -1.68. The second-order valence-electron chi connectivity index (χ2n) is 5.74. The summed E-state index contributed by atoms with van der Waals surface area (Å²) in [5, 5.41) is 0.550. The van der Waals surface area contributed by atoms with Crippen LogP contribution in [0.4, 0.5) is 13.2 Å². The van der Waals surface area contributed by atoms with E-state index in [9.17, 15) is 18.0 Å². The average Bonchev–Trinajstić information content (AvgIpc) is 2.62. The van der Waals surface area contributed by atoms with Crippen LogP contribution >= 0.6 is 0 Å². The molecule has 1 heterocycles. The Bertz CT molecular complexity index is 845. The summed E-state index contributed by atoms with van der Waals surface area (Å²) in [4.78, 5) is 15.7. The molecule has 0 spiro atoms. The molecule has 0 saturated carbocycles. The van der Waals surface area contributed by atoms with Gasteiger partial charge in [0.2, 0.25) is 0 Å². The van der Waals surface area contributed by atoms with Crippen LogP contribution in [0.25, 0.3) is 12.2 Å². The molecule has 134 valence electrons. The molecule has 0 atom stereocenters. The molecule has 0 unspecified atom stereocenters. The maximum absolute atomic E-state index is 12.6. The number of aliphatic imine (C=N–C) groups is 1. The molecule has 0 aromatic heterocycles. The highest BCUT2D eigenvalue weighted by atomic mass is 19.4. The maximum atomic E-state index is 12.6. The Balaban J connectivity index is 1.77. The van der Waals surface area contributed by atoms with Crippen molar-refractivity contribution < 1.29 is 18.0 Å². The second-order valence-corrected chi connectivity index (χ2v) is 5.74. The van der Waals surface area contributed by atoms with Gasteiger partial charge in [0.1, 0.15) is 18.9 Å². The van der Waals surface area contributed by atoms with Crippen molar-refractivity contribution in [1.29, 1.82) is 0 Å². The monoisotopic (exact) mass is 359 g/mol. The fraction of sp³-hybridized carbons (Fsp3) is 0.158. The van der Waals surface area contributed by atoms with Crippen LogP contribution < -0.4 is 5.43 Å². The number of hydrogen-bond donors (Lipinski definition) is 1. The lowest BCUT2D eigenvalue weighted by atomic mass is 10.1. The van der Waals surface area contributed by atoms with Gasteiger partial charge in [-0.25, -0.2) is 5.01 Å². The van der Waals surface area contributed by atoms with Crippen molar-refractivity contribution in [3.63, 3.8) is 0 Å². The molecule has 1 aliphatic rings. The van der Waals surface area contributed by atoms with Crippen LogP contribution in [0.5, 0.6) is 0 Å². The zero-order valence-corrected chi connectivity index (χ0v) is 13.7. The van der Waals surface area contributed by atoms with E-state index in [1.807, 2.05) is 48.6 Å². The second kappa shape index (κ2) is 7.43. The fourth-order valence-electron chi connectivity index (χ4n) is 2.47. The Morgan fingerprint density at radius 1 is 1.04 bits per heavy atom. The van der Waals surface area contributed by atoms with Crippen molar-refractivity contribution in [1.82, 2.24) is 10.4 Å². The first-order valence-electron chi connectivity index (χ1n) is 7.92. The largest absolute Gasteiger partial charge is 0.408 e. The van der Waals surface area contributed by atoms with Gasteiger partial charge in [0.25, 0.3) is 5.91 Å². The first-order valence-corrected chi connectivity index (χ1v) is 7.92. The van der Waals surface area contributed by atoms with E-state index in [1.165, 1.54) is 0 Å². The van der Waals surface area contributed by atoms with E-state index in [1.54, 1.807) is 18.2 Å². The molecular formula is C19H16F3N3O. The predicted molar refractivity (Wildman–Crippen MR) is 94.1 cm³/mol. The van der Waals surface area contributed by atoms with E-state index in [2.05, 4.69) is 10.4 Å². The van der Waals surface area contributed by atoms with Gasteiger partial charge >= 0.3 is 6.18 Å². The summed E-state index contributed by atoms with van der Waals surface area (Å²) in [6, 6.07) is 16.9. The molecule has 0 radical (unpaired) electrons. The third-order valence-corrected chi connectivity index (χ3v) is 3.68. The van der Waals surface area contributed by atoms with Crippen molar-refractivity contribution in [3.05, 3.63) is 71.3 Å². The Hall–Kier alpha value is -3.09. The number of amides is 1. The van der Waals surface area contributed by atoms with Gasteiger partial charge in [-0.1, -0.05) is 60.7 Å². The number of carbonyl (C=O) groups is 1. The zero-order chi connectivity index (χ0) is 18.6. The first kappa shape index (κ1) is 17.7. The van der Waals surface area contributed by atoms with Crippen molar-refractivity contribution >= 4 is 23.9 Å². The smallest absolute Gasteiger partial charge is 0.279 e. The number of carbonyl (C=O) groups excluding carboxylic acids is 1. The average molecular weight is 359 g/mol. The van der Waals surface area contributed by atoms with Gasteiger partial charge in [-0.2, -0.15) is 13.2 Å². The van der Waals surface area contributed by atoms with Gasteiger partial charge < -0.3 is 0 Å². The van der Waals surface area contributed by atoms with Gasteiger partial charge in [-0.3, -0.25) is 15.2 Å². The van der Waals surface area contributed by atoms with Crippen molar-refractivity contribution in [2.75, 3.05) is 13.1 Å². The number of rotatable bonds is 4. The SMILES string of the molecule is O=C1CN=C(c2cccc(/C=C\c3ccccc3)c2)NN1CC(F)(F)F. The maximum Gasteiger partial charge on any atom is 0.408 e. The van der Waals surface area contributed by atoms with Crippen molar-refractivity contribution in [2.24, 2.45) is 4.99 Å². The Kier molecular flexibility index (Phi) is 5.06. The molecule has 1 N–H and O–H groups in total. The van der Waals surface area contributed by atoms with E-state index < -0.39 is 18.6 Å². The molecule has 1 amide bonds. The normalized spacial score (nSPS) is 15.1. The number of hydrazine groups is 1. The molecule has 1 aliphatic heterocycles. The zero-order valence-electron chi connectivity index (χ0n) is 13.7. The third-order valence-electron chi connectivity index (χ3n) is 3.68. The lowest BCUT2D eigenvalue weighted by molar-refractivity contribution is -0.164. The number of benzene rings is 2. The summed E-state index contributed by atoms with van der Waals surface area (Å²) in [5.41, 5.74) is 4.98. The van der Waals surface area contributed by atoms with Gasteiger partial charge in [-0.15, -0.1) is 0 Å². The van der Waals surface area contributed by atoms with Crippen molar-refractivity contribution in [2.45, 2.75) is 6.18 Å². The minimum Gasteiger partial charge on any atom is -0.279 e. The molecule has 26 heavy (non-hydrogen) atoms. The summed E-state index contributed by atoms with van der Waals surface area (Å²) < 4.78 is 37.8. The van der Waals surface area contributed by atoms with Gasteiger partial charge in [0, 0.05) is 5.56 Å². The third kappa shape index (κ3) is 4.72. The van der Waals surface area contributed by atoms with Gasteiger partial charge in [0.05, 0.1) is 0 Å². The minimum absolute atomic E-state index is 0.240. The molecule has 0 fully saturated rings. The number of halogens is 3. The quantitative estimate of drug-likeness (QED) is 0.849. The molecule has 0 aliphatic carbocycles. The van der Waals surface area contributed by atoms with Crippen LogP contribution in [0.1, 0.15) is 16.7 Å². The number of nitrogens with one attached hydrogen (secondary N) is 1. The fourth-order valence-corrected chi connectivity index (χ4v) is 2.47. The molecule has 0 saturated heterocycles. The predicted octanol–water partition coefficient (Wildman–Crippen LogP) is 3.51. The lowest BCUT2D eigenvalue weighted by Crippen LogP contribution is -2.54. The van der Waals surface area contributed by atoms with Crippen LogP contribution in [-0.4, -0.2) is 36.0 Å². The standard InChI is InChI=1S/C19H16F3N3O/c20-19(21,22)13-25-17(26)12-23-18(24-25)16-8-4-7-15(11-16)10-9-14-5-2-1-3-6-14/h1-11H,12-13H2,(H,23,24)/b10-9-. The van der Waals surface area contributed by atoms with E-state index >= 15 is 0 Å². The summed E-state index contributed by atoms with van der Waals surface area (Å²) in [7, 11) is 0. The highest BCUT2D eigenvalue weighted by Crippen LogP contribution is 2.17. The summed E-state index contributed by atoms with van der Waals surface area (Å²) in [5.74, 6) is -0.477. The van der Waals surface area contributed by atoms with Gasteiger partial charge in [-0.05, 0) is 17.2 Å². The lowest BCUT2D eigenvalue weighted by Gasteiger charge is -2.29. The number of alkyl halides is 3. The first-order chi connectivity index (χ1) is 12.4. The topological polar surface area (TPSA) is 44.7 Å². The van der Waals surface area contributed by atoms with Crippen LogP contribution in [0.15, 0.2) is 59.6 Å².